The lowest BCUT2D eigenvalue weighted by molar-refractivity contribution is -0.129. The topological polar surface area (TPSA) is 95.1 Å². The molecule has 0 aromatic heterocycles. The molecule has 0 spiro atoms. The van der Waals surface area contributed by atoms with Gasteiger partial charge in [0.05, 0.1) is 21.8 Å². The first kappa shape index (κ1) is 25.4. The van der Waals surface area contributed by atoms with Gasteiger partial charge in [-0.25, -0.2) is 8.42 Å². The van der Waals surface area contributed by atoms with Crippen LogP contribution in [0.4, 0.5) is 0 Å². The highest BCUT2D eigenvalue weighted by molar-refractivity contribution is 7.99. The fourth-order valence-electron chi connectivity index (χ4n) is 4.67. The predicted molar refractivity (Wildman–Crippen MR) is 143 cm³/mol. The van der Waals surface area contributed by atoms with Crippen molar-refractivity contribution in [2.45, 2.75) is 11.3 Å². The summed E-state index contributed by atoms with van der Waals surface area (Å²) in [6, 6.07) is 19.6. The monoisotopic (exact) mass is 537 g/mol. The minimum Gasteiger partial charge on any atom is -0.339 e. The summed E-state index contributed by atoms with van der Waals surface area (Å²) in [5.41, 5.74) is 0.884. The van der Waals surface area contributed by atoms with Gasteiger partial charge < -0.3 is 4.90 Å². The molecule has 5 rings (SSSR count). The number of benzene rings is 3. The highest BCUT2D eigenvalue weighted by Gasteiger charge is 2.34. The average Bonchev–Trinajstić information content (AvgIpc) is 3.17. The van der Waals surface area contributed by atoms with E-state index in [1.54, 1.807) is 41.3 Å². The van der Waals surface area contributed by atoms with E-state index in [1.807, 2.05) is 30.3 Å². The summed E-state index contributed by atoms with van der Waals surface area (Å²) in [7, 11) is -3.63. The first-order chi connectivity index (χ1) is 17.9. The SMILES string of the molecule is O=C(CSCCCN1C(=O)c2ccccc2C1=O)N1CCN(S(=O)(=O)c2ccc3ccccc3c2)CC1. The number of carbonyl (C=O) groups is 3. The average molecular weight is 538 g/mol. The molecule has 0 unspecified atom stereocenters. The second kappa shape index (κ2) is 10.6. The molecule has 3 aromatic carbocycles. The molecule has 3 aromatic rings. The third-order valence-electron chi connectivity index (χ3n) is 6.72. The Kier molecular flexibility index (Phi) is 7.32. The normalized spacial score (nSPS) is 16.4. The Bertz CT molecular complexity index is 1430. The van der Waals surface area contributed by atoms with Crippen molar-refractivity contribution in [2.75, 3.05) is 44.2 Å². The van der Waals surface area contributed by atoms with Gasteiger partial charge in [-0.2, -0.15) is 16.1 Å². The molecule has 37 heavy (non-hydrogen) atoms. The molecule has 1 fully saturated rings. The maximum atomic E-state index is 13.1. The molecule has 0 atom stereocenters. The van der Waals surface area contributed by atoms with Crippen LogP contribution in [0.3, 0.4) is 0 Å². The Morgan fingerprint density at radius 3 is 2.11 bits per heavy atom. The fourth-order valence-corrected chi connectivity index (χ4v) is 6.97. The van der Waals surface area contributed by atoms with Crippen LogP contribution in [0, 0.1) is 0 Å². The molecule has 10 heteroatoms. The van der Waals surface area contributed by atoms with E-state index in [-0.39, 0.29) is 41.5 Å². The van der Waals surface area contributed by atoms with Gasteiger partial charge in [-0.1, -0.05) is 42.5 Å². The van der Waals surface area contributed by atoms with Gasteiger partial charge in [0.1, 0.15) is 0 Å². The van der Waals surface area contributed by atoms with Crippen molar-refractivity contribution in [3.8, 4) is 0 Å². The number of fused-ring (bicyclic) bond motifs is 2. The van der Waals surface area contributed by atoms with Crippen LogP contribution >= 0.6 is 11.8 Å². The van der Waals surface area contributed by atoms with Gasteiger partial charge >= 0.3 is 0 Å². The molecule has 0 saturated carbocycles. The highest BCUT2D eigenvalue weighted by atomic mass is 32.2. The minimum absolute atomic E-state index is 0.0338. The molecule has 2 aliphatic heterocycles. The summed E-state index contributed by atoms with van der Waals surface area (Å²) in [6.45, 7) is 1.53. The number of rotatable bonds is 8. The van der Waals surface area contributed by atoms with Crippen LogP contribution in [0.5, 0.6) is 0 Å². The zero-order valence-electron chi connectivity index (χ0n) is 20.2. The van der Waals surface area contributed by atoms with Crippen LogP contribution in [0.1, 0.15) is 27.1 Å². The number of sulfonamides is 1. The summed E-state index contributed by atoms with van der Waals surface area (Å²) in [4.78, 5) is 40.7. The lowest BCUT2D eigenvalue weighted by Gasteiger charge is -2.34. The van der Waals surface area contributed by atoms with Gasteiger partial charge in [0.15, 0.2) is 0 Å². The Balaban J connectivity index is 1.06. The number of amides is 3. The zero-order chi connectivity index (χ0) is 26.0. The summed E-state index contributed by atoms with van der Waals surface area (Å²) >= 11 is 1.46. The zero-order valence-corrected chi connectivity index (χ0v) is 21.8. The number of carbonyl (C=O) groups excluding carboxylic acids is 3. The second-order valence-electron chi connectivity index (χ2n) is 9.01. The number of thioether (sulfide) groups is 1. The summed E-state index contributed by atoms with van der Waals surface area (Å²) in [6.07, 6.45) is 0.598. The number of imide groups is 1. The van der Waals surface area contributed by atoms with Crippen LogP contribution in [-0.4, -0.2) is 84.5 Å². The molecule has 2 heterocycles. The molecule has 0 N–H and O–H groups in total. The largest absolute Gasteiger partial charge is 0.339 e. The highest BCUT2D eigenvalue weighted by Crippen LogP contribution is 2.24. The second-order valence-corrected chi connectivity index (χ2v) is 12.1. The van der Waals surface area contributed by atoms with Gasteiger partial charge in [-0.05, 0) is 47.2 Å². The van der Waals surface area contributed by atoms with Crippen molar-refractivity contribution in [2.24, 2.45) is 0 Å². The molecule has 0 bridgehead atoms. The molecule has 1 saturated heterocycles. The molecular weight excluding hydrogens is 510 g/mol. The molecule has 3 amide bonds. The van der Waals surface area contributed by atoms with Crippen molar-refractivity contribution in [3.05, 3.63) is 77.9 Å². The summed E-state index contributed by atoms with van der Waals surface area (Å²) < 4.78 is 27.7. The first-order valence-electron chi connectivity index (χ1n) is 12.2. The van der Waals surface area contributed by atoms with Crippen molar-refractivity contribution >= 4 is 50.3 Å². The van der Waals surface area contributed by atoms with Crippen LogP contribution in [0.2, 0.25) is 0 Å². The maximum Gasteiger partial charge on any atom is 0.261 e. The predicted octanol–water partition coefficient (Wildman–Crippen LogP) is 3.09. The van der Waals surface area contributed by atoms with E-state index in [9.17, 15) is 22.8 Å². The third-order valence-corrected chi connectivity index (χ3v) is 9.65. The lowest BCUT2D eigenvalue weighted by Crippen LogP contribution is -2.51. The number of piperazine rings is 1. The van der Waals surface area contributed by atoms with Crippen molar-refractivity contribution in [1.29, 1.82) is 0 Å². The number of nitrogens with zero attached hydrogens (tertiary/aromatic N) is 3. The summed E-state index contributed by atoms with van der Waals surface area (Å²) in [5.74, 6) is 0.347. The van der Waals surface area contributed by atoms with Gasteiger partial charge in [-0.15, -0.1) is 0 Å². The molecule has 192 valence electrons. The van der Waals surface area contributed by atoms with Gasteiger partial charge in [0.2, 0.25) is 15.9 Å². The Hall–Kier alpha value is -3.21. The van der Waals surface area contributed by atoms with Gasteiger partial charge in [0, 0.05) is 32.7 Å². The number of hydrogen-bond acceptors (Lipinski definition) is 6. The van der Waals surface area contributed by atoms with E-state index in [4.69, 9.17) is 0 Å². The third kappa shape index (κ3) is 5.14. The van der Waals surface area contributed by atoms with Crippen LogP contribution in [-0.2, 0) is 14.8 Å². The van der Waals surface area contributed by atoms with Crippen molar-refractivity contribution in [3.63, 3.8) is 0 Å². The van der Waals surface area contributed by atoms with E-state index < -0.39 is 10.0 Å². The van der Waals surface area contributed by atoms with Gasteiger partial charge in [-0.3, -0.25) is 19.3 Å². The molecular formula is C27H27N3O5S2. The van der Waals surface area contributed by atoms with Crippen LogP contribution in [0.25, 0.3) is 10.8 Å². The van der Waals surface area contributed by atoms with Crippen molar-refractivity contribution in [1.82, 2.24) is 14.1 Å². The summed E-state index contributed by atoms with van der Waals surface area (Å²) in [5, 5.41) is 1.86. The quantitative estimate of drug-likeness (QED) is 0.324. The lowest BCUT2D eigenvalue weighted by atomic mass is 10.1. The maximum absolute atomic E-state index is 13.1. The van der Waals surface area contributed by atoms with E-state index in [2.05, 4.69) is 0 Å². The number of hydrogen-bond donors (Lipinski definition) is 0. The van der Waals surface area contributed by atoms with Crippen molar-refractivity contribution < 1.29 is 22.8 Å². The Morgan fingerprint density at radius 1 is 0.811 bits per heavy atom. The molecule has 0 aliphatic carbocycles. The van der Waals surface area contributed by atoms with E-state index >= 15 is 0 Å². The van der Waals surface area contributed by atoms with E-state index in [0.717, 1.165) is 10.8 Å². The molecule has 8 nitrogen and oxygen atoms in total. The van der Waals surface area contributed by atoms with Crippen LogP contribution in [0.15, 0.2) is 71.6 Å². The van der Waals surface area contributed by atoms with Gasteiger partial charge in [0.25, 0.3) is 11.8 Å². The molecule has 0 radical (unpaired) electrons. The van der Waals surface area contributed by atoms with E-state index in [1.165, 1.54) is 21.0 Å². The first-order valence-corrected chi connectivity index (χ1v) is 14.8. The Labute approximate surface area is 220 Å². The Morgan fingerprint density at radius 2 is 1.43 bits per heavy atom. The fraction of sp³-hybridized carbons (Fsp3) is 0.296. The van der Waals surface area contributed by atoms with E-state index in [0.29, 0.717) is 42.9 Å². The smallest absolute Gasteiger partial charge is 0.261 e. The molecule has 2 aliphatic rings. The van der Waals surface area contributed by atoms with Crippen LogP contribution < -0.4 is 0 Å². The standard InChI is InChI=1S/C27H27N3O5S2/c31-25(19-36-17-5-12-30-26(32)23-8-3-4-9-24(23)27(30)33)28-13-15-29(16-14-28)37(34,35)22-11-10-20-6-1-2-7-21(20)18-22/h1-4,6-11,18H,5,12-17,19H2. The minimum atomic E-state index is -3.63.